The fraction of sp³-hybridized carbons (Fsp3) is 0.0588. The van der Waals surface area contributed by atoms with Crippen molar-refractivity contribution in [2.24, 2.45) is 0 Å². The van der Waals surface area contributed by atoms with Crippen LogP contribution >= 0.6 is 0 Å². The zero-order valence-corrected chi connectivity index (χ0v) is 11.4. The number of ether oxygens (including phenoxy) is 1. The molecule has 2 aromatic carbocycles. The standard InChI is InChI=1S/C17H13NO3/c1-21-13-6-4-11(5-7-13)15-9-12(17(19)20)10-16-14(15)3-2-8-18-16/h2-10H,1H3,(H,19,20). The summed E-state index contributed by atoms with van der Waals surface area (Å²) in [5, 5.41) is 10.2. The van der Waals surface area contributed by atoms with Gasteiger partial charge in [0.05, 0.1) is 18.2 Å². The van der Waals surface area contributed by atoms with Crippen LogP contribution in [0.2, 0.25) is 0 Å². The van der Waals surface area contributed by atoms with Crippen molar-refractivity contribution in [3.8, 4) is 16.9 Å². The van der Waals surface area contributed by atoms with E-state index < -0.39 is 5.97 Å². The molecule has 0 aliphatic heterocycles. The summed E-state index contributed by atoms with van der Waals surface area (Å²) in [5.41, 5.74) is 2.67. The molecule has 1 N–H and O–H groups in total. The zero-order valence-electron chi connectivity index (χ0n) is 11.4. The molecule has 0 aliphatic rings. The van der Waals surface area contributed by atoms with Crippen LogP contribution in [0, 0.1) is 0 Å². The van der Waals surface area contributed by atoms with Gasteiger partial charge in [-0.2, -0.15) is 0 Å². The average molecular weight is 279 g/mol. The predicted octanol–water partition coefficient (Wildman–Crippen LogP) is 3.61. The lowest BCUT2D eigenvalue weighted by molar-refractivity contribution is 0.0697. The lowest BCUT2D eigenvalue weighted by Gasteiger charge is -2.09. The number of hydrogen-bond donors (Lipinski definition) is 1. The second kappa shape index (κ2) is 5.25. The van der Waals surface area contributed by atoms with E-state index in [2.05, 4.69) is 4.98 Å². The van der Waals surface area contributed by atoms with E-state index in [4.69, 9.17) is 4.74 Å². The maximum Gasteiger partial charge on any atom is 0.335 e. The maximum atomic E-state index is 11.3. The first-order chi connectivity index (χ1) is 10.2. The van der Waals surface area contributed by atoms with Crippen LogP contribution in [0.5, 0.6) is 5.75 Å². The van der Waals surface area contributed by atoms with Gasteiger partial charge in [0.2, 0.25) is 0 Å². The number of nitrogens with zero attached hydrogens (tertiary/aromatic N) is 1. The van der Waals surface area contributed by atoms with Gasteiger partial charge in [0, 0.05) is 11.6 Å². The highest BCUT2D eigenvalue weighted by atomic mass is 16.5. The van der Waals surface area contributed by atoms with Gasteiger partial charge in [0.1, 0.15) is 5.75 Å². The minimum Gasteiger partial charge on any atom is -0.497 e. The topological polar surface area (TPSA) is 59.4 Å². The molecule has 0 fully saturated rings. The Morgan fingerprint density at radius 1 is 1.14 bits per heavy atom. The molecule has 3 aromatic rings. The van der Waals surface area contributed by atoms with E-state index in [1.54, 1.807) is 25.4 Å². The average Bonchev–Trinajstić information content (AvgIpc) is 2.54. The summed E-state index contributed by atoms with van der Waals surface area (Å²) in [6.07, 6.45) is 1.66. The van der Waals surface area contributed by atoms with E-state index in [1.807, 2.05) is 36.4 Å². The third-order valence-corrected chi connectivity index (χ3v) is 3.37. The highest BCUT2D eigenvalue weighted by Gasteiger charge is 2.11. The molecule has 4 heteroatoms. The van der Waals surface area contributed by atoms with Gasteiger partial charge in [-0.3, -0.25) is 4.98 Å². The Morgan fingerprint density at radius 3 is 2.57 bits per heavy atom. The van der Waals surface area contributed by atoms with Gasteiger partial charge >= 0.3 is 5.97 Å². The molecule has 0 atom stereocenters. The number of pyridine rings is 1. The Labute approximate surface area is 121 Å². The molecule has 1 aromatic heterocycles. The maximum absolute atomic E-state index is 11.3. The lowest BCUT2D eigenvalue weighted by atomic mass is 9.98. The van der Waals surface area contributed by atoms with Gasteiger partial charge in [-0.15, -0.1) is 0 Å². The number of carboxylic acids is 1. The third kappa shape index (κ3) is 2.43. The highest BCUT2D eigenvalue weighted by molar-refractivity contribution is 6.01. The second-order valence-electron chi connectivity index (χ2n) is 4.63. The zero-order chi connectivity index (χ0) is 14.8. The van der Waals surface area contributed by atoms with Crippen LogP contribution in [0.15, 0.2) is 54.7 Å². The summed E-state index contributed by atoms with van der Waals surface area (Å²) in [6.45, 7) is 0. The van der Waals surface area contributed by atoms with Gasteiger partial charge in [0.25, 0.3) is 0 Å². The van der Waals surface area contributed by atoms with Gasteiger partial charge in [-0.05, 0) is 41.5 Å². The Morgan fingerprint density at radius 2 is 1.90 bits per heavy atom. The van der Waals surface area contributed by atoms with Crippen molar-refractivity contribution in [2.45, 2.75) is 0 Å². The van der Waals surface area contributed by atoms with Crippen molar-refractivity contribution >= 4 is 16.9 Å². The van der Waals surface area contributed by atoms with Gasteiger partial charge in [0.15, 0.2) is 0 Å². The minimum absolute atomic E-state index is 0.229. The van der Waals surface area contributed by atoms with Crippen LogP contribution in [-0.4, -0.2) is 23.2 Å². The number of fused-ring (bicyclic) bond motifs is 1. The molecule has 0 amide bonds. The number of methoxy groups -OCH3 is 1. The van der Waals surface area contributed by atoms with Crippen LogP contribution in [-0.2, 0) is 0 Å². The molecule has 0 unspecified atom stereocenters. The molecule has 0 radical (unpaired) electrons. The van der Waals surface area contributed by atoms with Crippen LogP contribution in [0.4, 0.5) is 0 Å². The fourth-order valence-electron chi connectivity index (χ4n) is 2.32. The third-order valence-electron chi connectivity index (χ3n) is 3.37. The van der Waals surface area contributed by atoms with Crippen LogP contribution in [0.1, 0.15) is 10.4 Å². The molecule has 0 aliphatic carbocycles. The van der Waals surface area contributed by atoms with Crippen LogP contribution < -0.4 is 4.74 Å². The predicted molar refractivity (Wildman–Crippen MR) is 80.7 cm³/mol. The number of benzene rings is 2. The Hall–Kier alpha value is -2.88. The smallest absolute Gasteiger partial charge is 0.335 e. The first-order valence-electron chi connectivity index (χ1n) is 6.45. The molecule has 0 saturated heterocycles. The molecule has 0 spiro atoms. The lowest BCUT2D eigenvalue weighted by Crippen LogP contribution is -1.98. The monoisotopic (exact) mass is 279 g/mol. The Bertz CT molecular complexity index is 810. The van der Waals surface area contributed by atoms with Crippen molar-refractivity contribution in [2.75, 3.05) is 7.11 Å². The number of hydrogen-bond acceptors (Lipinski definition) is 3. The largest absolute Gasteiger partial charge is 0.497 e. The SMILES string of the molecule is COc1ccc(-c2cc(C(=O)O)cc3ncccc23)cc1. The molecule has 1 heterocycles. The highest BCUT2D eigenvalue weighted by Crippen LogP contribution is 2.30. The number of carbonyl (C=O) groups is 1. The summed E-state index contributed by atoms with van der Waals surface area (Å²) in [6, 6.07) is 14.6. The van der Waals surface area contributed by atoms with E-state index in [0.29, 0.717) is 5.52 Å². The molecule has 0 bridgehead atoms. The van der Waals surface area contributed by atoms with E-state index in [1.165, 1.54) is 0 Å². The number of aromatic carboxylic acids is 1. The van der Waals surface area contributed by atoms with E-state index >= 15 is 0 Å². The summed E-state index contributed by atoms with van der Waals surface area (Å²) < 4.78 is 5.15. The molecule has 3 rings (SSSR count). The minimum atomic E-state index is -0.961. The van der Waals surface area contributed by atoms with Crippen molar-refractivity contribution < 1.29 is 14.6 Å². The summed E-state index contributed by atoms with van der Waals surface area (Å²) in [4.78, 5) is 15.5. The molecule has 21 heavy (non-hydrogen) atoms. The van der Waals surface area contributed by atoms with Crippen molar-refractivity contribution in [3.05, 3.63) is 60.3 Å². The first-order valence-corrected chi connectivity index (χ1v) is 6.45. The fourth-order valence-corrected chi connectivity index (χ4v) is 2.32. The molecule has 0 saturated carbocycles. The van der Waals surface area contributed by atoms with Crippen molar-refractivity contribution in [1.82, 2.24) is 4.98 Å². The first kappa shape index (κ1) is 13.1. The van der Waals surface area contributed by atoms with Gasteiger partial charge < -0.3 is 9.84 Å². The number of aromatic nitrogens is 1. The molecular weight excluding hydrogens is 266 g/mol. The van der Waals surface area contributed by atoms with Crippen molar-refractivity contribution in [1.29, 1.82) is 0 Å². The number of carboxylic acid groups (broad SMARTS) is 1. The molecular formula is C17H13NO3. The second-order valence-corrected chi connectivity index (χ2v) is 4.63. The van der Waals surface area contributed by atoms with Gasteiger partial charge in [-0.25, -0.2) is 4.79 Å². The van der Waals surface area contributed by atoms with Crippen LogP contribution in [0.3, 0.4) is 0 Å². The van der Waals surface area contributed by atoms with Crippen molar-refractivity contribution in [3.63, 3.8) is 0 Å². The summed E-state index contributed by atoms with van der Waals surface area (Å²) in [7, 11) is 1.61. The van der Waals surface area contributed by atoms with E-state index in [9.17, 15) is 9.90 Å². The van der Waals surface area contributed by atoms with Crippen LogP contribution in [0.25, 0.3) is 22.0 Å². The molecule has 104 valence electrons. The van der Waals surface area contributed by atoms with E-state index in [-0.39, 0.29) is 5.56 Å². The summed E-state index contributed by atoms with van der Waals surface area (Å²) in [5.74, 6) is -0.201. The van der Waals surface area contributed by atoms with E-state index in [0.717, 1.165) is 22.3 Å². The molecule has 4 nitrogen and oxygen atoms in total. The normalized spacial score (nSPS) is 10.5. The Balaban J connectivity index is 2.25. The van der Waals surface area contributed by atoms with Gasteiger partial charge in [-0.1, -0.05) is 18.2 Å². The Kier molecular flexibility index (Phi) is 3.28. The quantitative estimate of drug-likeness (QED) is 0.795. The summed E-state index contributed by atoms with van der Waals surface area (Å²) >= 11 is 0. The number of rotatable bonds is 3.